The lowest BCUT2D eigenvalue weighted by molar-refractivity contribution is -0.154. The van der Waals surface area contributed by atoms with Gasteiger partial charge in [0.05, 0.1) is 6.04 Å². The summed E-state index contributed by atoms with van der Waals surface area (Å²) in [5.74, 6) is 0.760. The Morgan fingerprint density at radius 3 is 3.15 bits per heavy atom. The maximum absolute atomic E-state index is 10.6. The van der Waals surface area contributed by atoms with E-state index in [1.807, 2.05) is 19.1 Å². The third kappa shape index (κ3) is 1.08. The maximum atomic E-state index is 10.6. The average Bonchev–Trinajstić information content (AvgIpc) is 2.44. The number of rotatable bonds is 1. The van der Waals surface area contributed by atoms with Gasteiger partial charge in [-0.05, 0) is 25.0 Å². The monoisotopic (exact) mass is 177 g/mol. The van der Waals surface area contributed by atoms with Gasteiger partial charge in [-0.25, -0.2) is 0 Å². The van der Waals surface area contributed by atoms with Crippen molar-refractivity contribution in [3.8, 4) is 0 Å². The topological polar surface area (TPSA) is 29.5 Å². The van der Waals surface area contributed by atoms with Crippen LogP contribution in [0.5, 0.6) is 0 Å². The molecular formula is C10H11NO2. The van der Waals surface area contributed by atoms with Crippen LogP contribution in [0.4, 0.5) is 0 Å². The van der Waals surface area contributed by atoms with Gasteiger partial charge in [0, 0.05) is 5.57 Å². The fourth-order valence-corrected chi connectivity index (χ4v) is 1.70. The molecule has 0 N–H and O–H groups in total. The SMILES string of the molecule is C=C1CC=CC2=C1C(C)N(C=O)O2. The van der Waals surface area contributed by atoms with E-state index in [9.17, 15) is 4.79 Å². The summed E-state index contributed by atoms with van der Waals surface area (Å²) in [6.45, 7) is 5.88. The summed E-state index contributed by atoms with van der Waals surface area (Å²) in [5.41, 5.74) is 2.09. The highest BCUT2D eigenvalue weighted by Gasteiger charge is 2.32. The summed E-state index contributed by atoms with van der Waals surface area (Å²) in [4.78, 5) is 15.9. The van der Waals surface area contributed by atoms with E-state index >= 15 is 0 Å². The summed E-state index contributed by atoms with van der Waals surface area (Å²) in [6, 6.07) is -0.00931. The smallest absolute Gasteiger partial charge is 0.243 e. The summed E-state index contributed by atoms with van der Waals surface area (Å²) in [7, 11) is 0. The minimum atomic E-state index is -0.00931. The molecular weight excluding hydrogens is 166 g/mol. The Morgan fingerprint density at radius 1 is 1.77 bits per heavy atom. The fraction of sp³-hybridized carbons (Fsp3) is 0.300. The molecule has 0 bridgehead atoms. The van der Waals surface area contributed by atoms with Gasteiger partial charge in [-0.15, -0.1) is 0 Å². The number of hydroxylamine groups is 2. The van der Waals surface area contributed by atoms with Crippen LogP contribution in [0.3, 0.4) is 0 Å². The van der Waals surface area contributed by atoms with Crippen molar-refractivity contribution in [2.45, 2.75) is 19.4 Å². The number of carbonyl (C=O) groups is 1. The fourth-order valence-electron chi connectivity index (χ4n) is 1.70. The van der Waals surface area contributed by atoms with Crippen molar-refractivity contribution in [2.75, 3.05) is 0 Å². The van der Waals surface area contributed by atoms with Gasteiger partial charge >= 0.3 is 0 Å². The standard InChI is InChI=1S/C10H11NO2/c1-7-4-3-5-9-10(7)8(2)11(6-12)13-9/h3,5-6,8H,1,4H2,2H3. The van der Waals surface area contributed by atoms with Crippen LogP contribution in [0.15, 0.2) is 35.6 Å². The van der Waals surface area contributed by atoms with Crippen LogP contribution in [-0.4, -0.2) is 17.5 Å². The Kier molecular flexibility index (Phi) is 1.72. The highest BCUT2D eigenvalue weighted by atomic mass is 16.7. The van der Waals surface area contributed by atoms with Crippen molar-refractivity contribution in [3.63, 3.8) is 0 Å². The molecule has 1 heterocycles. The maximum Gasteiger partial charge on any atom is 0.243 e. The zero-order valence-electron chi connectivity index (χ0n) is 7.49. The van der Waals surface area contributed by atoms with E-state index in [1.54, 1.807) is 0 Å². The number of carbonyl (C=O) groups excluding carboxylic acids is 1. The minimum absolute atomic E-state index is 0.00931. The van der Waals surface area contributed by atoms with E-state index in [0.29, 0.717) is 6.41 Å². The Balaban J connectivity index is 2.36. The van der Waals surface area contributed by atoms with Crippen LogP contribution in [0.25, 0.3) is 0 Å². The van der Waals surface area contributed by atoms with Gasteiger partial charge in [0.1, 0.15) is 0 Å². The summed E-state index contributed by atoms with van der Waals surface area (Å²) in [6.07, 6.45) is 5.43. The quantitative estimate of drug-likeness (QED) is 0.569. The van der Waals surface area contributed by atoms with Gasteiger partial charge in [0.25, 0.3) is 0 Å². The Labute approximate surface area is 76.9 Å². The molecule has 0 saturated heterocycles. The molecule has 0 radical (unpaired) electrons. The van der Waals surface area contributed by atoms with E-state index in [0.717, 1.165) is 23.3 Å². The van der Waals surface area contributed by atoms with Crippen molar-refractivity contribution in [1.82, 2.24) is 5.06 Å². The lowest BCUT2D eigenvalue weighted by Crippen LogP contribution is -2.26. The molecule has 0 aromatic rings. The van der Waals surface area contributed by atoms with Crippen LogP contribution in [0.2, 0.25) is 0 Å². The van der Waals surface area contributed by atoms with Crippen molar-refractivity contribution in [1.29, 1.82) is 0 Å². The van der Waals surface area contributed by atoms with Crippen LogP contribution in [0, 0.1) is 0 Å². The van der Waals surface area contributed by atoms with Crippen molar-refractivity contribution in [3.05, 3.63) is 35.6 Å². The zero-order valence-corrected chi connectivity index (χ0v) is 7.49. The van der Waals surface area contributed by atoms with Gasteiger partial charge in [-0.1, -0.05) is 12.7 Å². The molecule has 0 aromatic heterocycles. The first kappa shape index (κ1) is 8.10. The number of allylic oxidation sites excluding steroid dienone is 2. The third-order valence-electron chi connectivity index (χ3n) is 2.39. The molecule has 0 fully saturated rings. The highest BCUT2D eigenvalue weighted by Crippen LogP contribution is 2.34. The normalized spacial score (nSPS) is 26.1. The molecule has 3 heteroatoms. The Hall–Kier alpha value is -1.51. The van der Waals surface area contributed by atoms with Gasteiger partial charge in [-0.2, -0.15) is 5.06 Å². The Bertz CT molecular complexity index is 328. The van der Waals surface area contributed by atoms with E-state index in [1.165, 1.54) is 5.06 Å². The predicted molar refractivity (Wildman–Crippen MR) is 48.4 cm³/mol. The van der Waals surface area contributed by atoms with Gasteiger partial charge in [0.15, 0.2) is 5.76 Å². The number of hydrogen-bond donors (Lipinski definition) is 0. The van der Waals surface area contributed by atoms with Crippen molar-refractivity contribution >= 4 is 6.41 Å². The minimum Gasteiger partial charge on any atom is -0.376 e. The number of amides is 1. The lowest BCUT2D eigenvalue weighted by atomic mass is 9.94. The first-order valence-electron chi connectivity index (χ1n) is 4.24. The first-order valence-corrected chi connectivity index (χ1v) is 4.24. The second-order valence-electron chi connectivity index (χ2n) is 3.22. The molecule has 1 atom stereocenters. The Morgan fingerprint density at radius 2 is 2.54 bits per heavy atom. The summed E-state index contributed by atoms with van der Waals surface area (Å²) >= 11 is 0. The van der Waals surface area contributed by atoms with E-state index < -0.39 is 0 Å². The average molecular weight is 177 g/mol. The molecule has 68 valence electrons. The molecule has 1 aliphatic carbocycles. The lowest BCUT2D eigenvalue weighted by Gasteiger charge is -2.15. The first-order chi connectivity index (χ1) is 6.24. The molecule has 0 aromatic carbocycles. The molecule has 1 aliphatic heterocycles. The highest BCUT2D eigenvalue weighted by molar-refractivity contribution is 5.54. The van der Waals surface area contributed by atoms with Crippen molar-refractivity contribution < 1.29 is 9.63 Å². The van der Waals surface area contributed by atoms with E-state index in [2.05, 4.69) is 6.58 Å². The largest absolute Gasteiger partial charge is 0.376 e. The predicted octanol–water partition coefficient (Wildman–Crippen LogP) is 1.55. The molecule has 2 rings (SSSR count). The molecule has 13 heavy (non-hydrogen) atoms. The molecule has 3 nitrogen and oxygen atoms in total. The second kappa shape index (κ2) is 2.76. The molecule has 1 unspecified atom stereocenters. The van der Waals surface area contributed by atoms with Gasteiger partial charge in [0.2, 0.25) is 6.41 Å². The van der Waals surface area contributed by atoms with Crippen LogP contribution < -0.4 is 0 Å². The zero-order chi connectivity index (χ0) is 9.42. The molecule has 0 spiro atoms. The second-order valence-corrected chi connectivity index (χ2v) is 3.22. The summed E-state index contributed by atoms with van der Waals surface area (Å²) < 4.78 is 0. The van der Waals surface area contributed by atoms with E-state index in [-0.39, 0.29) is 6.04 Å². The van der Waals surface area contributed by atoms with Crippen LogP contribution in [-0.2, 0) is 9.63 Å². The van der Waals surface area contributed by atoms with Gasteiger partial charge < -0.3 is 4.84 Å². The number of nitrogens with zero attached hydrogens (tertiary/aromatic N) is 1. The third-order valence-corrected chi connectivity index (χ3v) is 2.39. The molecule has 2 aliphatic rings. The van der Waals surface area contributed by atoms with Crippen LogP contribution >= 0.6 is 0 Å². The van der Waals surface area contributed by atoms with Gasteiger partial charge in [-0.3, -0.25) is 4.79 Å². The van der Waals surface area contributed by atoms with E-state index in [4.69, 9.17) is 4.84 Å². The molecule has 0 saturated carbocycles. The van der Waals surface area contributed by atoms with Crippen LogP contribution in [0.1, 0.15) is 13.3 Å². The van der Waals surface area contributed by atoms with Crippen molar-refractivity contribution in [2.24, 2.45) is 0 Å². The molecule has 1 amide bonds. The summed E-state index contributed by atoms with van der Waals surface area (Å²) in [5, 5.41) is 1.31. The number of hydrogen-bond acceptors (Lipinski definition) is 2.